The minimum Gasteiger partial charge on any atom is -0.465 e. The van der Waals surface area contributed by atoms with Gasteiger partial charge >= 0.3 is 5.97 Å². The molecule has 2 rings (SSSR count). The highest BCUT2D eigenvalue weighted by Gasteiger charge is 2.26. The SMILES string of the molecule is COC(=O)c1cc(Cl)cc(Cl)c1NC(=O)CN1CCC[C@H]1CO. The molecule has 1 atom stereocenters. The number of ether oxygens (including phenoxy) is 1. The summed E-state index contributed by atoms with van der Waals surface area (Å²) < 4.78 is 4.69. The minimum absolute atomic E-state index is 0.0125. The summed E-state index contributed by atoms with van der Waals surface area (Å²) in [6.07, 6.45) is 1.80. The second kappa shape index (κ2) is 7.97. The Labute approximate surface area is 144 Å². The largest absolute Gasteiger partial charge is 0.465 e. The molecule has 0 aromatic heterocycles. The predicted octanol–water partition coefficient (Wildman–Crippen LogP) is 2.18. The molecule has 0 radical (unpaired) electrons. The van der Waals surface area contributed by atoms with Gasteiger partial charge in [0.2, 0.25) is 5.91 Å². The van der Waals surface area contributed by atoms with Crippen molar-refractivity contribution in [2.45, 2.75) is 18.9 Å². The fraction of sp³-hybridized carbons (Fsp3) is 0.467. The van der Waals surface area contributed by atoms with Gasteiger partial charge in [-0.3, -0.25) is 9.69 Å². The number of esters is 1. The Morgan fingerprint density at radius 2 is 2.17 bits per heavy atom. The molecule has 0 saturated carbocycles. The lowest BCUT2D eigenvalue weighted by atomic mass is 10.1. The van der Waals surface area contributed by atoms with E-state index in [2.05, 4.69) is 10.1 Å². The van der Waals surface area contributed by atoms with Gasteiger partial charge in [0.15, 0.2) is 0 Å². The molecule has 1 aliphatic rings. The number of benzene rings is 1. The number of nitrogens with zero attached hydrogens (tertiary/aromatic N) is 1. The summed E-state index contributed by atoms with van der Waals surface area (Å²) in [7, 11) is 1.23. The number of hydrogen-bond donors (Lipinski definition) is 2. The molecule has 0 bridgehead atoms. The number of carbonyl (C=O) groups is 2. The van der Waals surface area contributed by atoms with Gasteiger partial charge < -0.3 is 15.2 Å². The highest BCUT2D eigenvalue weighted by Crippen LogP contribution is 2.31. The van der Waals surface area contributed by atoms with Crippen LogP contribution >= 0.6 is 23.2 Å². The van der Waals surface area contributed by atoms with Crippen LogP contribution in [0.15, 0.2) is 12.1 Å². The third-order valence-corrected chi connectivity index (χ3v) is 4.30. The average molecular weight is 361 g/mol. The molecule has 1 fully saturated rings. The van der Waals surface area contributed by atoms with Gasteiger partial charge in [-0.2, -0.15) is 0 Å². The fourth-order valence-electron chi connectivity index (χ4n) is 2.65. The molecule has 1 aliphatic heterocycles. The van der Waals surface area contributed by atoms with Gasteiger partial charge in [0, 0.05) is 11.1 Å². The lowest BCUT2D eigenvalue weighted by molar-refractivity contribution is -0.117. The van der Waals surface area contributed by atoms with E-state index in [1.807, 2.05) is 4.90 Å². The number of methoxy groups -OCH3 is 1. The Hall–Kier alpha value is -1.34. The van der Waals surface area contributed by atoms with Crippen LogP contribution in [0.3, 0.4) is 0 Å². The van der Waals surface area contributed by atoms with E-state index < -0.39 is 5.97 Å². The summed E-state index contributed by atoms with van der Waals surface area (Å²) in [4.78, 5) is 26.0. The van der Waals surface area contributed by atoms with Gasteiger partial charge in [0.25, 0.3) is 0 Å². The number of anilines is 1. The zero-order valence-corrected chi connectivity index (χ0v) is 14.2. The number of rotatable bonds is 5. The second-order valence-electron chi connectivity index (χ2n) is 5.30. The molecule has 126 valence electrons. The highest BCUT2D eigenvalue weighted by molar-refractivity contribution is 6.37. The van der Waals surface area contributed by atoms with Crippen molar-refractivity contribution >= 4 is 40.8 Å². The molecule has 6 nitrogen and oxygen atoms in total. The molecule has 2 N–H and O–H groups in total. The van der Waals surface area contributed by atoms with Crippen LogP contribution in [0.4, 0.5) is 5.69 Å². The molecule has 1 aromatic carbocycles. The molecular formula is C15H18Cl2N2O4. The van der Waals surface area contributed by atoms with Gasteiger partial charge in [-0.25, -0.2) is 4.79 Å². The van der Waals surface area contributed by atoms with E-state index in [1.54, 1.807) is 0 Å². The number of carbonyl (C=O) groups excluding carboxylic acids is 2. The molecule has 23 heavy (non-hydrogen) atoms. The van der Waals surface area contributed by atoms with Gasteiger partial charge in [-0.05, 0) is 31.5 Å². The second-order valence-corrected chi connectivity index (χ2v) is 6.14. The highest BCUT2D eigenvalue weighted by atomic mass is 35.5. The number of aliphatic hydroxyl groups excluding tert-OH is 1. The Bertz CT molecular complexity index is 609. The average Bonchev–Trinajstić information content (AvgIpc) is 2.95. The lowest BCUT2D eigenvalue weighted by Crippen LogP contribution is -2.38. The predicted molar refractivity (Wildman–Crippen MR) is 88.1 cm³/mol. The number of likely N-dealkylation sites (tertiary alicyclic amines) is 1. The van der Waals surface area contributed by atoms with Crippen molar-refractivity contribution < 1.29 is 19.4 Å². The van der Waals surface area contributed by atoms with E-state index >= 15 is 0 Å². The maximum atomic E-state index is 12.3. The number of nitrogens with one attached hydrogen (secondary N) is 1. The van der Waals surface area contributed by atoms with Crippen LogP contribution < -0.4 is 5.32 Å². The molecule has 1 heterocycles. The quantitative estimate of drug-likeness (QED) is 0.786. The maximum Gasteiger partial charge on any atom is 0.340 e. The summed E-state index contributed by atoms with van der Waals surface area (Å²) >= 11 is 12.0. The summed E-state index contributed by atoms with van der Waals surface area (Å²) in [6, 6.07) is 2.82. The van der Waals surface area contributed by atoms with Gasteiger partial charge in [-0.1, -0.05) is 23.2 Å². The van der Waals surface area contributed by atoms with Crippen LogP contribution in [-0.2, 0) is 9.53 Å². The van der Waals surface area contributed by atoms with Crippen molar-refractivity contribution in [3.63, 3.8) is 0 Å². The Morgan fingerprint density at radius 3 is 2.83 bits per heavy atom. The van der Waals surface area contributed by atoms with E-state index in [0.29, 0.717) is 0 Å². The van der Waals surface area contributed by atoms with Gasteiger partial charge in [0.05, 0.1) is 36.5 Å². The molecule has 1 aromatic rings. The number of halogens is 2. The molecule has 0 aliphatic carbocycles. The Morgan fingerprint density at radius 1 is 1.43 bits per heavy atom. The Balaban J connectivity index is 2.15. The molecule has 0 spiro atoms. The first-order valence-electron chi connectivity index (χ1n) is 7.18. The van der Waals surface area contributed by atoms with E-state index in [0.717, 1.165) is 19.4 Å². The monoisotopic (exact) mass is 360 g/mol. The topological polar surface area (TPSA) is 78.9 Å². The maximum absolute atomic E-state index is 12.3. The van der Waals surface area contributed by atoms with Crippen LogP contribution in [0.2, 0.25) is 10.0 Å². The first kappa shape index (κ1) is 18.0. The summed E-state index contributed by atoms with van der Waals surface area (Å²) in [5.41, 5.74) is 0.270. The van der Waals surface area contributed by atoms with Crippen LogP contribution in [-0.4, -0.2) is 54.7 Å². The van der Waals surface area contributed by atoms with E-state index in [-0.39, 0.29) is 46.4 Å². The van der Waals surface area contributed by atoms with Crippen molar-refractivity contribution in [2.75, 3.05) is 32.1 Å². The summed E-state index contributed by atoms with van der Waals surface area (Å²) in [5.74, 6) is -0.959. The number of aliphatic hydroxyl groups is 1. The van der Waals surface area contributed by atoms with E-state index in [1.165, 1.54) is 19.2 Å². The molecule has 0 unspecified atom stereocenters. The first-order chi connectivity index (χ1) is 11.0. The van der Waals surface area contributed by atoms with Gasteiger partial charge in [0.1, 0.15) is 0 Å². The van der Waals surface area contributed by atoms with E-state index in [4.69, 9.17) is 23.2 Å². The smallest absolute Gasteiger partial charge is 0.340 e. The standard InChI is InChI=1S/C15H18Cl2N2O4/c1-23-15(22)11-5-9(16)6-12(17)14(11)18-13(21)7-19-4-2-3-10(19)8-20/h5-6,10,20H,2-4,7-8H2,1H3,(H,18,21)/t10-/m0/s1. The van der Waals surface area contributed by atoms with Crippen LogP contribution in [0, 0.1) is 0 Å². The Kier molecular flexibility index (Phi) is 6.24. The lowest BCUT2D eigenvalue weighted by Gasteiger charge is -2.22. The first-order valence-corrected chi connectivity index (χ1v) is 7.94. The van der Waals surface area contributed by atoms with Crippen LogP contribution in [0.25, 0.3) is 0 Å². The molecule has 8 heteroatoms. The van der Waals surface area contributed by atoms with E-state index in [9.17, 15) is 14.7 Å². The number of amides is 1. The zero-order valence-electron chi connectivity index (χ0n) is 12.6. The molecular weight excluding hydrogens is 343 g/mol. The number of hydrogen-bond acceptors (Lipinski definition) is 5. The van der Waals surface area contributed by atoms with Crippen molar-refractivity contribution in [1.82, 2.24) is 4.90 Å². The fourth-order valence-corrected chi connectivity index (χ4v) is 3.19. The zero-order chi connectivity index (χ0) is 17.0. The van der Waals surface area contributed by atoms with Crippen molar-refractivity contribution in [2.24, 2.45) is 0 Å². The minimum atomic E-state index is -0.640. The van der Waals surface area contributed by atoms with Crippen molar-refractivity contribution in [1.29, 1.82) is 0 Å². The van der Waals surface area contributed by atoms with Crippen LogP contribution in [0.1, 0.15) is 23.2 Å². The molecule has 1 amide bonds. The summed E-state index contributed by atoms with van der Waals surface area (Å²) in [6.45, 7) is 0.879. The third kappa shape index (κ3) is 4.35. The van der Waals surface area contributed by atoms with Crippen LogP contribution in [0.5, 0.6) is 0 Å². The van der Waals surface area contributed by atoms with Crippen molar-refractivity contribution in [3.8, 4) is 0 Å². The third-order valence-electron chi connectivity index (χ3n) is 3.78. The normalized spacial score (nSPS) is 18.0. The molecule has 1 saturated heterocycles. The summed E-state index contributed by atoms with van der Waals surface area (Å²) in [5, 5.41) is 12.4. The van der Waals surface area contributed by atoms with Crippen molar-refractivity contribution in [3.05, 3.63) is 27.7 Å². The van der Waals surface area contributed by atoms with Gasteiger partial charge in [-0.15, -0.1) is 0 Å².